The number of halogens is 4. The van der Waals surface area contributed by atoms with Gasteiger partial charge in [0, 0.05) is 73.9 Å². The Kier molecular flexibility index (Phi) is 14.7. The molecule has 3 aliphatic rings. The van der Waals surface area contributed by atoms with Gasteiger partial charge in [-0.15, -0.1) is 0 Å². The highest BCUT2D eigenvalue weighted by Gasteiger charge is 2.35. The van der Waals surface area contributed by atoms with Crippen LogP contribution in [-0.4, -0.2) is 138 Å². The molecule has 4 amide bonds. The van der Waals surface area contributed by atoms with E-state index in [1.807, 2.05) is 15.9 Å². The van der Waals surface area contributed by atoms with Crippen LogP contribution in [0.3, 0.4) is 0 Å². The summed E-state index contributed by atoms with van der Waals surface area (Å²) >= 11 is 25.2. The molecule has 0 aromatic heterocycles. The molecule has 17 heteroatoms. The maximum atomic E-state index is 13.5. The molecule has 0 spiro atoms. The van der Waals surface area contributed by atoms with E-state index in [4.69, 9.17) is 62.2 Å². The highest BCUT2D eigenvalue weighted by molar-refractivity contribution is 6.42. The summed E-state index contributed by atoms with van der Waals surface area (Å²) in [5.41, 5.74) is 7.27. The Labute approximate surface area is 330 Å². The fraction of sp³-hybridized carbons (Fsp3) is 0.528. The molecule has 1 atom stereocenters. The molecule has 0 bridgehead atoms. The average molecular weight is 813 g/mol. The average Bonchev–Trinajstić information content (AvgIpc) is 3.69. The summed E-state index contributed by atoms with van der Waals surface area (Å²) in [6.07, 6.45) is 5.07. The topological polar surface area (TPSA) is 148 Å². The van der Waals surface area contributed by atoms with Crippen molar-refractivity contribution in [1.82, 2.24) is 24.5 Å². The van der Waals surface area contributed by atoms with Crippen molar-refractivity contribution in [3.63, 3.8) is 0 Å². The van der Waals surface area contributed by atoms with Gasteiger partial charge in [-0.3, -0.25) is 9.59 Å². The van der Waals surface area contributed by atoms with E-state index in [0.717, 1.165) is 63.8 Å². The molecule has 53 heavy (non-hydrogen) atoms. The van der Waals surface area contributed by atoms with E-state index in [2.05, 4.69) is 15.2 Å². The largest absolute Gasteiger partial charge is 0.409 e. The maximum absolute atomic E-state index is 13.5. The van der Waals surface area contributed by atoms with Crippen molar-refractivity contribution >= 4 is 75.8 Å². The van der Waals surface area contributed by atoms with Gasteiger partial charge in [0.1, 0.15) is 6.54 Å². The zero-order chi connectivity index (χ0) is 38.1. The Balaban J connectivity index is 1.28. The Morgan fingerprint density at radius 2 is 1.66 bits per heavy atom. The van der Waals surface area contributed by atoms with Crippen LogP contribution in [0.2, 0.25) is 20.1 Å². The zero-order valence-corrected chi connectivity index (χ0v) is 32.8. The monoisotopic (exact) mass is 810 g/mol. The van der Waals surface area contributed by atoms with Crippen molar-refractivity contribution in [2.45, 2.75) is 50.5 Å². The van der Waals surface area contributed by atoms with Crippen LogP contribution in [0, 0.1) is 0 Å². The van der Waals surface area contributed by atoms with Crippen LogP contribution in [-0.2, 0) is 9.63 Å². The van der Waals surface area contributed by atoms with Gasteiger partial charge in [-0.2, -0.15) is 0 Å². The molecular formula is C36H46Cl4N8O5. The second-order valence-corrected chi connectivity index (χ2v) is 15.4. The van der Waals surface area contributed by atoms with Crippen molar-refractivity contribution in [3.8, 4) is 0 Å². The predicted octanol–water partition coefficient (Wildman–Crippen LogP) is 5.88. The van der Waals surface area contributed by atoms with E-state index in [0.29, 0.717) is 57.4 Å². The number of piperidine rings is 1. The summed E-state index contributed by atoms with van der Waals surface area (Å²) in [6.45, 7) is 4.98. The number of nitrogens with zero attached hydrogens (tertiary/aromatic N) is 7. The van der Waals surface area contributed by atoms with E-state index in [-0.39, 0.29) is 55.3 Å². The number of likely N-dealkylation sites (tertiary alicyclic amines) is 2. The number of hydrogen-bond donors (Lipinski definition) is 2. The molecule has 5 rings (SSSR count). The van der Waals surface area contributed by atoms with Crippen LogP contribution in [0.15, 0.2) is 46.7 Å². The van der Waals surface area contributed by atoms with Crippen LogP contribution in [0.5, 0.6) is 0 Å². The highest BCUT2D eigenvalue weighted by atomic mass is 35.5. The number of hydrogen-bond acceptors (Lipinski definition) is 8. The van der Waals surface area contributed by atoms with E-state index in [9.17, 15) is 14.4 Å². The van der Waals surface area contributed by atoms with E-state index in [1.165, 1.54) is 4.90 Å². The number of rotatable bonds is 14. The van der Waals surface area contributed by atoms with Crippen LogP contribution in [0.25, 0.3) is 0 Å². The molecule has 1 unspecified atom stereocenters. The lowest BCUT2D eigenvalue weighted by atomic mass is 9.89. The zero-order valence-electron chi connectivity index (χ0n) is 29.7. The first-order chi connectivity index (χ1) is 25.4. The van der Waals surface area contributed by atoms with Gasteiger partial charge in [-0.25, -0.2) is 4.79 Å². The molecule has 3 aliphatic heterocycles. The van der Waals surface area contributed by atoms with Crippen LogP contribution in [0.1, 0.15) is 60.4 Å². The maximum Gasteiger partial charge on any atom is 0.320 e. The summed E-state index contributed by atoms with van der Waals surface area (Å²) in [4.78, 5) is 54.8. The molecule has 288 valence electrons. The number of oxime groups is 2. The lowest BCUT2D eigenvalue weighted by Crippen LogP contribution is -2.57. The minimum atomic E-state index is -0.377. The molecule has 0 aliphatic carbocycles. The van der Waals surface area contributed by atoms with Crippen molar-refractivity contribution < 1.29 is 24.4 Å². The van der Waals surface area contributed by atoms with Crippen LogP contribution in [0.4, 0.5) is 4.79 Å². The summed E-state index contributed by atoms with van der Waals surface area (Å²) in [7, 11) is 1.64. The Morgan fingerprint density at radius 1 is 0.962 bits per heavy atom. The van der Waals surface area contributed by atoms with Gasteiger partial charge in [0.05, 0.1) is 22.3 Å². The van der Waals surface area contributed by atoms with Gasteiger partial charge in [0.2, 0.25) is 5.91 Å². The predicted molar refractivity (Wildman–Crippen MR) is 208 cm³/mol. The van der Waals surface area contributed by atoms with Crippen molar-refractivity contribution in [2.24, 2.45) is 16.0 Å². The molecule has 3 fully saturated rings. The Hall–Kier alpha value is -3.49. The minimum absolute atomic E-state index is 0.0340. The molecule has 2 aromatic rings. The number of amides is 4. The van der Waals surface area contributed by atoms with Crippen molar-refractivity contribution in [1.29, 1.82) is 0 Å². The molecule has 0 radical (unpaired) electrons. The molecule has 2 aromatic carbocycles. The van der Waals surface area contributed by atoms with Gasteiger partial charge < -0.3 is 40.3 Å². The lowest BCUT2D eigenvalue weighted by molar-refractivity contribution is -0.131. The SMILES string of the molecule is CN(C/C(=N\OC/C(N)=N/O)C(CCN1CCC(N2CCCN(CC(=O)N3CCCC3)C2=O)CC1)c1ccc(Cl)c(Cl)c1)C(=O)c1cc(Cl)cc(Cl)c1. The molecule has 3 heterocycles. The third-order valence-corrected chi connectivity index (χ3v) is 11.2. The lowest BCUT2D eigenvalue weighted by Gasteiger charge is -2.43. The third-order valence-electron chi connectivity index (χ3n) is 9.99. The first-order valence-corrected chi connectivity index (χ1v) is 19.3. The number of carbonyl (C=O) groups is 3. The molecule has 3 N–H and O–H groups in total. The normalized spacial score (nSPS) is 18.4. The molecule has 3 saturated heterocycles. The number of nitrogens with two attached hydrogens (primary N) is 1. The summed E-state index contributed by atoms with van der Waals surface area (Å²) in [5, 5.41) is 17.9. The second-order valence-electron chi connectivity index (χ2n) is 13.7. The van der Waals surface area contributed by atoms with Gasteiger partial charge in [0.15, 0.2) is 12.4 Å². The minimum Gasteiger partial charge on any atom is -0.409 e. The summed E-state index contributed by atoms with van der Waals surface area (Å²) in [6, 6.07) is 10.0. The fourth-order valence-electron chi connectivity index (χ4n) is 7.17. The van der Waals surface area contributed by atoms with Crippen LogP contribution >= 0.6 is 46.4 Å². The fourth-order valence-corrected chi connectivity index (χ4v) is 8.00. The smallest absolute Gasteiger partial charge is 0.320 e. The van der Waals surface area contributed by atoms with Gasteiger partial charge >= 0.3 is 6.03 Å². The quantitative estimate of drug-likeness (QED) is 0.105. The number of benzene rings is 2. The summed E-state index contributed by atoms with van der Waals surface area (Å²) in [5.74, 6) is -0.849. The van der Waals surface area contributed by atoms with Gasteiger partial charge in [0.25, 0.3) is 5.91 Å². The van der Waals surface area contributed by atoms with Gasteiger partial charge in [-0.1, -0.05) is 62.8 Å². The van der Waals surface area contributed by atoms with Crippen molar-refractivity contribution in [2.75, 3.05) is 72.6 Å². The highest BCUT2D eigenvalue weighted by Crippen LogP contribution is 2.31. The number of carbonyl (C=O) groups excluding carboxylic acids is 3. The molecular weight excluding hydrogens is 766 g/mol. The van der Waals surface area contributed by atoms with Crippen molar-refractivity contribution in [3.05, 3.63) is 67.6 Å². The number of urea groups is 1. The molecule has 0 saturated carbocycles. The Bertz CT molecular complexity index is 1660. The molecule has 13 nitrogen and oxygen atoms in total. The van der Waals surface area contributed by atoms with E-state index in [1.54, 1.807) is 42.3 Å². The summed E-state index contributed by atoms with van der Waals surface area (Å²) < 4.78 is 0. The van der Waals surface area contributed by atoms with Gasteiger partial charge in [-0.05, 0) is 81.0 Å². The number of amidine groups is 1. The van der Waals surface area contributed by atoms with E-state index >= 15 is 0 Å². The van der Waals surface area contributed by atoms with Crippen LogP contribution < -0.4 is 5.73 Å². The standard InChI is InChI=1S/C36H46Cl4N8O5/c1-44(35(50)25-17-26(37)20-27(38)18-25)21-32(43-53-23-33(41)42-52)29(24-5-6-30(39)31(40)19-24)9-16-45-14-7-28(8-15-45)48-13-4-12-47(36(48)51)22-34(49)46-10-2-3-11-46/h5-6,17-20,28-29,52H,2-4,7-16,21-23H2,1H3,(H2,41,42)/b43-32+. The van der Waals surface area contributed by atoms with E-state index < -0.39 is 0 Å². The Morgan fingerprint density at radius 3 is 2.32 bits per heavy atom. The first kappa shape index (κ1) is 40.7. The third kappa shape index (κ3) is 11.0. The first-order valence-electron chi connectivity index (χ1n) is 17.8. The second kappa shape index (κ2) is 19.2.